The van der Waals surface area contributed by atoms with Crippen LogP contribution in [0.15, 0.2) is 0 Å². The number of carboxylic acids is 5. The van der Waals surface area contributed by atoms with Gasteiger partial charge in [-0.05, 0) is 12.8 Å². The molecule has 0 amide bonds. The third-order valence-corrected chi connectivity index (χ3v) is 4.84. The molecule has 1 fully saturated rings. The van der Waals surface area contributed by atoms with E-state index in [9.17, 15) is 44.4 Å². The number of nitrogens with zero attached hydrogens (tertiary/aromatic N) is 3. The standard InChI is InChI=1S/C17H27N3O10/c21-12(22)2-1-3-17(20(8-15(27)28)9-16(29)30)10-18(6-13(23)24)4-5-19(11-17)7-14(25)26/h1-11H2,(H,21,22)(H,23,24)(H,25,26)(H,27,28)(H,29,30). The number of rotatable bonds is 13. The van der Waals surface area contributed by atoms with Crippen molar-refractivity contribution in [2.75, 3.05) is 52.4 Å². The highest BCUT2D eigenvalue weighted by Crippen LogP contribution is 2.28. The average Bonchev–Trinajstić information content (AvgIpc) is 2.72. The lowest BCUT2D eigenvalue weighted by atomic mass is 9.88. The van der Waals surface area contributed by atoms with E-state index in [1.807, 2.05) is 0 Å². The van der Waals surface area contributed by atoms with Crippen LogP contribution in [0.1, 0.15) is 19.3 Å². The van der Waals surface area contributed by atoms with Crippen LogP contribution in [0.2, 0.25) is 0 Å². The Morgan fingerprint density at radius 1 is 0.700 bits per heavy atom. The highest BCUT2D eigenvalue weighted by Gasteiger charge is 2.43. The molecule has 0 aromatic heterocycles. The summed E-state index contributed by atoms with van der Waals surface area (Å²) in [5.74, 6) is -6.01. The fraction of sp³-hybridized carbons (Fsp3) is 0.706. The highest BCUT2D eigenvalue weighted by molar-refractivity contribution is 5.73. The molecule has 0 aliphatic carbocycles. The van der Waals surface area contributed by atoms with Crippen LogP contribution in [-0.2, 0) is 24.0 Å². The Morgan fingerprint density at radius 2 is 1.13 bits per heavy atom. The summed E-state index contributed by atoms with van der Waals surface area (Å²) in [5.41, 5.74) is -1.27. The Hall–Kier alpha value is -2.77. The van der Waals surface area contributed by atoms with Gasteiger partial charge in [0.05, 0.1) is 26.2 Å². The van der Waals surface area contributed by atoms with Gasteiger partial charge in [0, 0.05) is 38.1 Å². The summed E-state index contributed by atoms with van der Waals surface area (Å²) in [7, 11) is 0. The van der Waals surface area contributed by atoms with Crippen molar-refractivity contribution in [3.8, 4) is 0 Å². The molecule has 0 atom stereocenters. The monoisotopic (exact) mass is 433 g/mol. The van der Waals surface area contributed by atoms with Crippen LogP contribution in [0.5, 0.6) is 0 Å². The Labute approximate surface area is 172 Å². The molecule has 0 bridgehead atoms. The molecule has 1 aliphatic heterocycles. The van der Waals surface area contributed by atoms with Crippen LogP contribution in [0.25, 0.3) is 0 Å². The Kier molecular flexibility index (Phi) is 9.62. The van der Waals surface area contributed by atoms with Gasteiger partial charge in [0.2, 0.25) is 0 Å². The molecule has 0 saturated carbocycles. The summed E-state index contributed by atoms with van der Waals surface area (Å²) in [6.07, 6.45) is -0.132. The molecular weight excluding hydrogens is 406 g/mol. The molecule has 30 heavy (non-hydrogen) atoms. The molecule has 1 heterocycles. The van der Waals surface area contributed by atoms with Crippen LogP contribution >= 0.6 is 0 Å². The zero-order valence-corrected chi connectivity index (χ0v) is 16.4. The number of aliphatic carboxylic acids is 5. The first-order chi connectivity index (χ1) is 13.9. The van der Waals surface area contributed by atoms with Crippen molar-refractivity contribution in [2.45, 2.75) is 24.8 Å². The second-order valence-electron chi connectivity index (χ2n) is 7.32. The zero-order chi connectivity index (χ0) is 22.9. The third kappa shape index (κ3) is 8.71. The predicted molar refractivity (Wildman–Crippen MR) is 99.2 cm³/mol. The molecule has 5 N–H and O–H groups in total. The first-order valence-electron chi connectivity index (χ1n) is 9.22. The average molecular weight is 433 g/mol. The molecule has 0 radical (unpaired) electrons. The molecule has 170 valence electrons. The summed E-state index contributed by atoms with van der Waals surface area (Å²) in [4.78, 5) is 60.5. The first-order valence-corrected chi connectivity index (χ1v) is 9.22. The van der Waals surface area contributed by atoms with E-state index in [1.165, 1.54) is 9.80 Å². The zero-order valence-electron chi connectivity index (χ0n) is 16.4. The molecule has 13 heteroatoms. The molecule has 13 nitrogen and oxygen atoms in total. The van der Waals surface area contributed by atoms with E-state index in [4.69, 9.17) is 5.11 Å². The number of hydrogen-bond acceptors (Lipinski definition) is 8. The summed E-state index contributed by atoms with van der Waals surface area (Å²) in [6.45, 7) is -1.92. The second-order valence-corrected chi connectivity index (χ2v) is 7.32. The Balaban J connectivity index is 3.38. The molecule has 0 spiro atoms. The Morgan fingerprint density at radius 3 is 1.47 bits per heavy atom. The van der Waals surface area contributed by atoms with Gasteiger partial charge in [-0.2, -0.15) is 0 Å². The maximum absolute atomic E-state index is 11.4. The largest absolute Gasteiger partial charge is 0.481 e. The van der Waals surface area contributed by atoms with Gasteiger partial charge in [-0.25, -0.2) is 0 Å². The molecule has 0 unspecified atom stereocenters. The van der Waals surface area contributed by atoms with E-state index in [2.05, 4.69) is 0 Å². The minimum atomic E-state index is -1.31. The van der Waals surface area contributed by atoms with Crippen molar-refractivity contribution in [3.63, 3.8) is 0 Å². The van der Waals surface area contributed by atoms with E-state index >= 15 is 0 Å². The topological polar surface area (TPSA) is 196 Å². The fourth-order valence-corrected chi connectivity index (χ4v) is 3.78. The van der Waals surface area contributed by atoms with Gasteiger partial charge in [-0.1, -0.05) is 0 Å². The van der Waals surface area contributed by atoms with E-state index in [-0.39, 0.29) is 45.4 Å². The molecular formula is C17H27N3O10. The smallest absolute Gasteiger partial charge is 0.317 e. The first kappa shape index (κ1) is 25.3. The quantitative estimate of drug-likeness (QED) is 0.219. The summed E-state index contributed by atoms with van der Waals surface area (Å²) in [6, 6.07) is 0. The van der Waals surface area contributed by atoms with Crippen LogP contribution in [0, 0.1) is 0 Å². The Bertz CT molecular complexity index is 626. The van der Waals surface area contributed by atoms with Gasteiger partial charge in [0.25, 0.3) is 0 Å². The molecule has 0 aromatic rings. The highest BCUT2D eigenvalue weighted by atomic mass is 16.4. The summed E-state index contributed by atoms with van der Waals surface area (Å²) < 4.78 is 0. The van der Waals surface area contributed by atoms with Gasteiger partial charge >= 0.3 is 29.8 Å². The minimum Gasteiger partial charge on any atom is -0.481 e. The molecule has 1 saturated heterocycles. The van der Waals surface area contributed by atoms with Crippen LogP contribution in [0.3, 0.4) is 0 Å². The van der Waals surface area contributed by atoms with E-state index in [0.717, 1.165) is 4.90 Å². The molecule has 1 aliphatic rings. The lowest BCUT2D eigenvalue weighted by Gasteiger charge is -2.45. The van der Waals surface area contributed by atoms with Crippen LogP contribution < -0.4 is 0 Å². The van der Waals surface area contributed by atoms with E-state index in [0.29, 0.717) is 0 Å². The van der Waals surface area contributed by atoms with Crippen LogP contribution in [-0.4, -0.2) is 128 Å². The summed E-state index contributed by atoms with van der Waals surface area (Å²) in [5, 5.41) is 46.0. The predicted octanol–water partition coefficient (Wildman–Crippen LogP) is -1.76. The van der Waals surface area contributed by atoms with Gasteiger partial charge in [0.1, 0.15) is 0 Å². The van der Waals surface area contributed by atoms with Crippen molar-refractivity contribution in [1.29, 1.82) is 0 Å². The third-order valence-electron chi connectivity index (χ3n) is 4.84. The van der Waals surface area contributed by atoms with Gasteiger partial charge in [-0.15, -0.1) is 0 Å². The summed E-state index contributed by atoms with van der Waals surface area (Å²) >= 11 is 0. The van der Waals surface area contributed by atoms with Crippen molar-refractivity contribution in [2.24, 2.45) is 0 Å². The molecule has 1 rings (SSSR count). The fourth-order valence-electron chi connectivity index (χ4n) is 3.78. The van der Waals surface area contributed by atoms with Crippen molar-refractivity contribution in [3.05, 3.63) is 0 Å². The van der Waals surface area contributed by atoms with Crippen molar-refractivity contribution in [1.82, 2.24) is 14.7 Å². The van der Waals surface area contributed by atoms with Gasteiger partial charge in [0.15, 0.2) is 0 Å². The lowest BCUT2D eigenvalue weighted by Crippen LogP contribution is -2.62. The van der Waals surface area contributed by atoms with E-state index in [1.54, 1.807) is 0 Å². The molecule has 0 aromatic carbocycles. The second kappa shape index (κ2) is 11.4. The minimum absolute atomic E-state index is 0.0460. The number of carboxylic acid groups (broad SMARTS) is 5. The normalized spacial score (nSPS) is 17.4. The van der Waals surface area contributed by atoms with Gasteiger partial charge < -0.3 is 25.5 Å². The maximum atomic E-state index is 11.4. The maximum Gasteiger partial charge on any atom is 0.317 e. The van der Waals surface area contributed by atoms with Crippen molar-refractivity contribution >= 4 is 29.8 Å². The lowest BCUT2D eigenvalue weighted by molar-refractivity contribution is -0.148. The van der Waals surface area contributed by atoms with Crippen LogP contribution in [0.4, 0.5) is 0 Å². The number of carbonyl (C=O) groups is 5. The van der Waals surface area contributed by atoms with Gasteiger partial charge in [-0.3, -0.25) is 38.7 Å². The van der Waals surface area contributed by atoms with E-state index < -0.39 is 61.6 Å². The number of hydrogen-bond donors (Lipinski definition) is 5. The SMILES string of the molecule is O=C(O)CCCC1(N(CC(=O)O)CC(=O)O)CN(CC(=O)O)CCN(CC(=O)O)C1. The van der Waals surface area contributed by atoms with Crippen molar-refractivity contribution < 1.29 is 49.5 Å².